The van der Waals surface area contributed by atoms with Crippen LogP contribution >= 0.6 is 11.3 Å². The maximum atomic E-state index is 10.5. The van der Waals surface area contributed by atoms with Crippen LogP contribution in [-0.4, -0.2) is 31.4 Å². The fourth-order valence-corrected chi connectivity index (χ4v) is 3.09. The van der Waals surface area contributed by atoms with E-state index >= 15 is 0 Å². The van der Waals surface area contributed by atoms with E-state index in [9.17, 15) is 5.11 Å². The Morgan fingerprint density at radius 3 is 2.87 bits per heavy atom. The molecule has 0 saturated carbocycles. The summed E-state index contributed by atoms with van der Waals surface area (Å²) in [7, 11) is 1.84. The van der Waals surface area contributed by atoms with Crippen LogP contribution in [0.4, 0.5) is 0 Å². The molecule has 0 aromatic carbocycles. The molecule has 7 heteroatoms. The van der Waals surface area contributed by atoms with Crippen molar-refractivity contribution >= 4 is 11.3 Å². The highest BCUT2D eigenvalue weighted by Crippen LogP contribution is 2.23. The molecule has 0 bridgehead atoms. The lowest BCUT2D eigenvalue weighted by atomic mass is 10.00. The Bertz CT molecular complexity index is 766. The molecule has 0 fully saturated rings. The maximum Gasteiger partial charge on any atom is 0.142 e. The van der Waals surface area contributed by atoms with Crippen LogP contribution in [0, 0.1) is 0 Å². The van der Waals surface area contributed by atoms with Crippen molar-refractivity contribution in [2.24, 2.45) is 7.05 Å². The smallest absolute Gasteiger partial charge is 0.142 e. The molecule has 2 N–H and O–H groups in total. The molecule has 0 radical (unpaired) electrons. The zero-order chi connectivity index (χ0) is 16.3. The molecule has 1 unspecified atom stereocenters. The molecule has 3 aromatic heterocycles. The predicted molar refractivity (Wildman–Crippen MR) is 89.8 cm³/mol. The van der Waals surface area contributed by atoms with Crippen molar-refractivity contribution in [3.05, 3.63) is 53.4 Å². The average molecular weight is 329 g/mol. The Morgan fingerprint density at radius 2 is 2.17 bits per heavy atom. The Balaban J connectivity index is 1.58. The second-order valence-electron chi connectivity index (χ2n) is 5.63. The van der Waals surface area contributed by atoms with E-state index in [0.717, 1.165) is 21.1 Å². The maximum absolute atomic E-state index is 10.5. The number of rotatable bonds is 6. The molecule has 0 spiro atoms. The fourth-order valence-electron chi connectivity index (χ4n) is 2.23. The highest BCUT2D eigenvalue weighted by Gasteiger charge is 2.24. The molecule has 0 aliphatic rings. The summed E-state index contributed by atoms with van der Waals surface area (Å²) in [5.74, 6) is 0. The number of nitrogens with one attached hydrogen (secondary N) is 1. The molecular formula is C16H19N5OS. The normalized spacial score (nSPS) is 13.9. The van der Waals surface area contributed by atoms with Gasteiger partial charge in [-0.15, -0.1) is 11.3 Å². The van der Waals surface area contributed by atoms with Gasteiger partial charge in [-0.3, -0.25) is 9.67 Å². The predicted octanol–water partition coefficient (Wildman–Crippen LogP) is 1.94. The molecule has 0 aliphatic heterocycles. The quantitative estimate of drug-likeness (QED) is 0.723. The molecule has 0 aliphatic carbocycles. The number of aromatic nitrogens is 4. The molecule has 3 rings (SSSR count). The van der Waals surface area contributed by atoms with Crippen LogP contribution in [0.5, 0.6) is 0 Å². The van der Waals surface area contributed by atoms with Crippen LogP contribution in [0.3, 0.4) is 0 Å². The number of nitrogens with zero attached hydrogens (tertiary/aromatic N) is 4. The number of hydrogen-bond acceptors (Lipinski definition) is 6. The van der Waals surface area contributed by atoms with E-state index in [4.69, 9.17) is 0 Å². The van der Waals surface area contributed by atoms with E-state index in [1.807, 2.05) is 37.6 Å². The van der Waals surface area contributed by atoms with E-state index in [1.54, 1.807) is 35.3 Å². The summed E-state index contributed by atoms with van der Waals surface area (Å²) in [6.07, 6.45) is 7.13. The van der Waals surface area contributed by atoms with Gasteiger partial charge < -0.3 is 10.4 Å². The minimum atomic E-state index is -0.956. The number of thiazole rings is 1. The van der Waals surface area contributed by atoms with Crippen LogP contribution in [0.2, 0.25) is 0 Å². The molecular weight excluding hydrogens is 310 g/mol. The van der Waals surface area contributed by atoms with E-state index in [-0.39, 0.29) is 0 Å². The Labute approximate surface area is 138 Å². The molecule has 3 aromatic rings. The van der Waals surface area contributed by atoms with Gasteiger partial charge in [0.25, 0.3) is 0 Å². The van der Waals surface area contributed by atoms with Gasteiger partial charge in [0.1, 0.15) is 10.6 Å². The zero-order valence-electron chi connectivity index (χ0n) is 13.1. The first kappa shape index (κ1) is 15.8. The summed E-state index contributed by atoms with van der Waals surface area (Å²) in [5, 5.41) is 18.8. The largest absolute Gasteiger partial charge is 0.384 e. The topological polar surface area (TPSA) is 75.9 Å². The van der Waals surface area contributed by atoms with E-state index < -0.39 is 5.60 Å². The summed E-state index contributed by atoms with van der Waals surface area (Å²) in [6, 6.07) is 5.79. The van der Waals surface area contributed by atoms with Gasteiger partial charge in [-0.05, 0) is 19.1 Å². The Morgan fingerprint density at radius 1 is 1.30 bits per heavy atom. The lowest BCUT2D eigenvalue weighted by molar-refractivity contribution is 0.0566. The molecule has 6 nitrogen and oxygen atoms in total. The number of hydrogen-bond donors (Lipinski definition) is 2. The van der Waals surface area contributed by atoms with Crippen LogP contribution in [0.25, 0.3) is 10.7 Å². The van der Waals surface area contributed by atoms with Crippen LogP contribution in [0.1, 0.15) is 17.4 Å². The van der Waals surface area contributed by atoms with Crippen molar-refractivity contribution in [3.8, 4) is 10.7 Å². The first-order valence-electron chi connectivity index (χ1n) is 7.33. The SMILES string of the molecule is Cn1cc(C(C)(O)CNCc2cnc(-c3ccccn3)s2)cn1. The summed E-state index contributed by atoms with van der Waals surface area (Å²) in [5.41, 5.74) is 0.722. The zero-order valence-corrected chi connectivity index (χ0v) is 13.9. The van der Waals surface area contributed by atoms with Crippen molar-refractivity contribution in [2.45, 2.75) is 19.1 Å². The highest BCUT2D eigenvalue weighted by molar-refractivity contribution is 7.14. The summed E-state index contributed by atoms with van der Waals surface area (Å²) < 4.78 is 1.69. The van der Waals surface area contributed by atoms with Crippen LogP contribution in [0.15, 0.2) is 43.0 Å². The number of aryl methyl sites for hydroxylation is 1. The van der Waals surface area contributed by atoms with Gasteiger partial charge in [-0.25, -0.2) is 4.98 Å². The van der Waals surface area contributed by atoms with Gasteiger partial charge in [-0.1, -0.05) is 6.07 Å². The van der Waals surface area contributed by atoms with E-state index in [2.05, 4.69) is 20.4 Å². The Hall–Kier alpha value is -2.09. The van der Waals surface area contributed by atoms with Crippen molar-refractivity contribution < 1.29 is 5.11 Å². The average Bonchev–Trinajstić information content (AvgIpc) is 3.17. The fraction of sp³-hybridized carbons (Fsp3) is 0.312. The minimum absolute atomic E-state index is 0.440. The third-order valence-corrected chi connectivity index (χ3v) is 4.55. The molecule has 1 atom stereocenters. The summed E-state index contributed by atoms with van der Waals surface area (Å²) in [4.78, 5) is 9.81. The third kappa shape index (κ3) is 3.82. The summed E-state index contributed by atoms with van der Waals surface area (Å²) in [6.45, 7) is 2.87. The molecule has 0 amide bonds. The molecule has 120 valence electrons. The second-order valence-corrected chi connectivity index (χ2v) is 6.74. The van der Waals surface area contributed by atoms with E-state index in [0.29, 0.717) is 13.1 Å². The monoisotopic (exact) mass is 329 g/mol. The lowest BCUT2D eigenvalue weighted by Gasteiger charge is -2.22. The second kappa shape index (κ2) is 6.57. The standard InChI is InChI=1S/C16H19N5OS/c1-16(22,12-7-20-21(2)10-12)11-17-8-13-9-19-15(23-13)14-5-3-4-6-18-14/h3-7,9-10,17,22H,8,11H2,1-2H3. The minimum Gasteiger partial charge on any atom is -0.384 e. The van der Waals surface area contributed by atoms with Crippen molar-refractivity contribution in [1.29, 1.82) is 0 Å². The molecule has 0 saturated heterocycles. The van der Waals surface area contributed by atoms with Gasteiger partial charge in [-0.2, -0.15) is 5.10 Å². The van der Waals surface area contributed by atoms with Gasteiger partial charge in [0.15, 0.2) is 0 Å². The lowest BCUT2D eigenvalue weighted by Crippen LogP contribution is -2.34. The highest BCUT2D eigenvalue weighted by atomic mass is 32.1. The number of pyridine rings is 1. The van der Waals surface area contributed by atoms with Gasteiger partial charge in [0.05, 0.1) is 11.9 Å². The number of aliphatic hydroxyl groups is 1. The third-order valence-electron chi connectivity index (χ3n) is 3.53. The van der Waals surface area contributed by atoms with Crippen LogP contribution in [-0.2, 0) is 19.2 Å². The van der Waals surface area contributed by atoms with Gasteiger partial charge in [0, 0.05) is 49.2 Å². The first-order chi connectivity index (χ1) is 11.0. The van der Waals surface area contributed by atoms with Crippen molar-refractivity contribution in [3.63, 3.8) is 0 Å². The van der Waals surface area contributed by atoms with Gasteiger partial charge >= 0.3 is 0 Å². The molecule has 3 heterocycles. The van der Waals surface area contributed by atoms with Crippen LogP contribution < -0.4 is 5.32 Å². The summed E-state index contributed by atoms with van der Waals surface area (Å²) >= 11 is 1.60. The van der Waals surface area contributed by atoms with Gasteiger partial charge in [0.2, 0.25) is 0 Å². The first-order valence-corrected chi connectivity index (χ1v) is 8.14. The van der Waals surface area contributed by atoms with Crippen molar-refractivity contribution in [2.75, 3.05) is 6.54 Å². The molecule has 23 heavy (non-hydrogen) atoms. The van der Waals surface area contributed by atoms with Crippen molar-refractivity contribution in [1.82, 2.24) is 25.1 Å². The van der Waals surface area contributed by atoms with E-state index in [1.165, 1.54) is 0 Å². The Kier molecular flexibility index (Phi) is 4.51.